The highest BCUT2D eigenvalue weighted by Crippen LogP contribution is 2.34. The number of aromatic hydroxyl groups is 1. The Kier molecular flexibility index (Phi) is 5.20. The second-order valence-electron chi connectivity index (χ2n) is 5.58. The Morgan fingerprint density at radius 3 is 2.67 bits per heavy atom. The number of ether oxygens (including phenoxy) is 1. The molecule has 0 aliphatic heterocycles. The van der Waals surface area contributed by atoms with E-state index < -0.39 is 0 Å². The Morgan fingerprint density at radius 1 is 1.33 bits per heavy atom. The SMILES string of the molecule is C=C(O/C(=C(\C)C=O)C1CCCCC1)c1cccc(O)c1. The first-order valence-corrected chi connectivity index (χ1v) is 7.44. The number of aldehydes is 1. The summed E-state index contributed by atoms with van der Waals surface area (Å²) in [6.07, 6.45) is 6.53. The predicted molar refractivity (Wildman–Crippen MR) is 83.6 cm³/mol. The van der Waals surface area contributed by atoms with Crippen LogP contribution in [0, 0.1) is 5.92 Å². The van der Waals surface area contributed by atoms with Crippen molar-refractivity contribution < 1.29 is 14.6 Å². The number of allylic oxidation sites excluding steroid dienone is 2. The van der Waals surface area contributed by atoms with Crippen molar-refractivity contribution in [3.8, 4) is 5.75 Å². The molecule has 1 aromatic carbocycles. The highest BCUT2D eigenvalue weighted by Gasteiger charge is 2.22. The Balaban J connectivity index is 2.19. The third-order valence-electron chi connectivity index (χ3n) is 3.94. The summed E-state index contributed by atoms with van der Waals surface area (Å²) in [5.41, 5.74) is 1.35. The molecule has 3 heteroatoms. The molecule has 1 N–H and O–H groups in total. The minimum absolute atomic E-state index is 0.174. The molecule has 0 amide bonds. The molecular formula is C18H22O3. The van der Waals surface area contributed by atoms with Gasteiger partial charge in [0.2, 0.25) is 0 Å². The van der Waals surface area contributed by atoms with Crippen LogP contribution in [0.15, 0.2) is 42.2 Å². The van der Waals surface area contributed by atoms with Crippen LogP contribution in [-0.2, 0) is 9.53 Å². The highest BCUT2D eigenvalue weighted by atomic mass is 16.5. The fourth-order valence-electron chi connectivity index (χ4n) is 2.78. The van der Waals surface area contributed by atoms with Gasteiger partial charge in [0.1, 0.15) is 23.6 Å². The monoisotopic (exact) mass is 286 g/mol. The molecule has 1 saturated carbocycles. The zero-order valence-corrected chi connectivity index (χ0v) is 12.5. The van der Waals surface area contributed by atoms with Gasteiger partial charge in [0.05, 0.1) is 0 Å². The van der Waals surface area contributed by atoms with E-state index >= 15 is 0 Å². The number of benzene rings is 1. The molecule has 1 aromatic rings. The van der Waals surface area contributed by atoms with E-state index in [4.69, 9.17) is 4.74 Å². The van der Waals surface area contributed by atoms with E-state index in [1.807, 2.05) is 6.07 Å². The van der Waals surface area contributed by atoms with Gasteiger partial charge in [-0.05, 0) is 31.9 Å². The van der Waals surface area contributed by atoms with Crippen molar-refractivity contribution in [1.29, 1.82) is 0 Å². The van der Waals surface area contributed by atoms with Gasteiger partial charge in [0, 0.05) is 17.1 Å². The first kappa shape index (κ1) is 15.4. The van der Waals surface area contributed by atoms with Crippen LogP contribution in [0.5, 0.6) is 5.75 Å². The van der Waals surface area contributed by atoms with Gasteiger partial charge < -0.3 is 9.84 Å². The van der Waals surface area contributed by atoms with Gasteiger partial charge in [0.15, 0.2) is 0 Å². The summed E-state index contributed by atoms with van der Waals surface area (Å²) >= 11 is 0. The maximum Gasteiger partial charge on any atom is 0.149 e. The van der Waals surface area contributed by atoms with Gasteiger partial charge in [-0.2, -0.15) is 0 Å². The quantitative estimate of drug-likeness (QED) is 0.494. The van der Waals surface area contributed by atoms with Crippen molar-refractivity contribution in [1.82, 2.24) is 0 Å². The summed E-state index contributed by atoms with van der Waals surface area (Å²) in [6.45, 7) is 5.72. The molecule has 3 nitrogen and oxygen atoms in total. The van der Waals surface area contributed by atoms with Crippen molar-refractivity contribution in [3.63, 3.8) is 0 Å². The number of hydrogen-bond acceptors (Lipinski definition) is 3. The fourth-order valence-corrected chi connectivity index (χ4v) is 2.78. The van der Waals surface area contributed by atoms with Crippen molar-refractivity contribution in [2.24, 2.45) is 5.92 Å². The molecule has 0 unspecified atom stereocenters. The molecule has 0 saturated heterocycles. The van der Waals surface area contributed by atoms with E-state index in [1.54, 1.807) is 25.1 Å². The van der Waals surface area contributed by atoms with Crippen LogP contribution in [-0.4, -0.2) is 11.4 Å². The van der Waals surface area contributed by atoms with Gasteiger partial charge in [-0.15, -0.1) is 0 Å². The molecule has 1 aliphatic rings. The molecule has 1 fully saturated rings. The number of hydrogen-bond donors (Lipinski definition) is 1. The number of carbonyl (C=O) groups excluding carboxylic acids is 1. The Bertz CT molecular complexity index is 551. The van der Waals surface area contributed by atoms with Crippen LogP contribution in [0.3, 0.4) is 0 Å². The minimum Gasteiger partial charge on any atom is -0.508 e. The highest BCUT2D eigenvalue weighted by molar-refractivity contribution is 5.74. The van der Waals surface area contributed by atoms with Gasteiger partial charge >= 0.3 is 0 Å². The lowest BCUT2D eigenvalue weighted by Crippen LogP contribution is -2.13. The third-order valence-corrected chi connectivity index (χ3v) is 3.94. The van der Waals surface area contributed by atoms with Crippen molar-refractivity contribution in [2.45, 2.75) is 39.0 Å². The van der Waals surface area contributed by atoms with E-state index in [2.05, 4.69) is 6.58 Å². The number of carbonyl (C=O) groups is 1. The maximum absolute atomic E-state index is 11.2. The van der Waals surface area contributed by atoms with Crippen LogP contribution in [0.25, 0.3) is 5.76 Å². The summed E-state index contributed by atoms with van der Waals surface area (Å²) in [7, 11) is 0. The predicted octanol–water partition coefficient (Wildman–Crippen LogP) is 4.43. The molecule has 112 valence electrons. The van der Waals surface area contributed by atoms with Crippen molar-refractivity contribution >= 4 is 12.0 Å². The van der Waals surface area contributed by atoms with Gasteiger partial charge in [-0.1, -0.05) is 38.0 Å². The first-order valence-electron chi connectivity index (χ1n) is 7.44. The molecule has 0 heterocycles. The normalized spacial score (nSPS) is 17.0. The summed E-state index contributed by atoms with van der Waals surface area (Å²) in [5.74, 6) is 1.66. The summed E-state index contributed by atoms with van der Waals surface area (Å²) < 4.78 is 5.93. The topological polar surface area (TPSA) is 46.5 Å². The first-order chi connectivity index (χ1) is 10.1. The zero-order chi connectivity index (χ0) is 15.2. The Labute approximate surface area is 125 Å². The lowest BCUT2D eigenvalue weighted by molar-refractivity contribution is -0.105. The lowest BCUT2D eigenvalue weighted by Gasteiger charge is -2.26. The van der Waals surface area contributed by atoms with E-state index in [-0.39, 0.29) is 11.7 Å². The summed E-state index contributed by atoms with van der Waals surface area (Å²) in [4.78, 5) is 11.2. The average Bonchev–Trinajstić information content (AvgIpc) is 2.52. The fraction of sp³-hybridized carbons (Fsp3) is 0.389. The number of rotatable bonds is 5. The van der Waals surface area contributed by atoms with Crippen LogP contribution >= 0.6 is 0 Å². The molecule has 0 spiro atoms. The zero-order valence-electron chi connectivity index (χ0n) is 12.5. The molecule has 0 bridgehead atoms. The van der Waals surface area contributed by atoms with E-state index in [1.165, 1.54) is 19.3 Å². The second kappa shape index (κ2) is 7.11. The molecule has 0 radical (unpaired) electrons. The van der Waals surface area contributed by atoms with Gasteiger partial charge in [0.25, 0.3) is 0 Å². The second-order valence-corrected chi connectivity index (χ2v) is 5.58. The largest absolute Gasteiger partial charge is 0.508 e. The van der Waals surface area contributed by atoms with E-state index in [9.17, 15) is 9.90 Å². The Hall–Kier alpha value is -2.03. The van der Waals surface area contributed by atoms with E-state index in [0.717, 1.165) is 30.5 Å². The van der Waals surface area contributed by atoms with Crippen molar-refractivity contribution in [2.75, 3.05) is 0 Å². The molecule has 2 rings (SSSR count). The summed E-state index contributed by atoms with van der Waals surface area (Å²) in [6, 6.07) is 6.79. The van der Waals surface area contributed by atoms with Crippen molar-refractivity contribution in [3.05, 3.63) is 47.7 Å². The summed E-state index contributed by atoms with van der Waals surface area (Å²) in [5, 5.41) is 9.54. The smallest absolute Gasteiger partial charge is 0.149 e. The van der Waals surface area contributed by atoms with Crippen LogP contribution < -0.4 is 0 Å². The van der Waals surface area contributed by atoms with Gasteiger partial charge in [-0.25, -0.2) is 0 Å². The maximum atomic E-state index is 11.2. The average molecular weight is 286 g/mol. The molecule has 0 atom stereocenters. The van der Waals surface area contributed by atoms with Crippen LogP contribution in [0.2, 0.25) is 0 Å². The molecular weight excluding hydrogens is 264 g/mol. The van der Waals surface area contributed by atoms with Crippen LogP contribution in [0.4, 0.5) is 0 Å². The van der Waals surface area contributed by atoms with Crippen LogP contribution in [0.1, 0.15) is 44.6 Å². The number of phenols is 1. The Morgan fingerprint density at radius 2 is 2.05 bits per heavy atom. The third kappa shape index (κ3) is 3.97. The molecule has 1 aliphatic carbocycles. The molecule has 0 aromatic heterocycles. The number of phenolic OH excluding ortho intramolecular Hbond substituents is 1. The lowest BCUT2D eigenvalue weighted by atomic mass is 9.86. The van der Waals surface area contributed by atoms with E-state index in [0.29, 0.717) is 11.3 Å². The standard InChI is InChI=1S/C18H22O3/c1-13(12-19)18(15-7-4-3-5-8-15)21-14(2)16-9-6-10-17(20)11-16/h6,9-12,15,20H,2-5,7-8H2,1H3/b18-13+. The molecule has 21 heavy (non-hydrogen) atoms. The van der Waals surface area contributed by atoms with Gasteiger partial charge in [-0.3, -0.25) is 4.79 Å². The minimum atomic E-state index is 0.174.